The number of carbonyl (C=O) groups is 1. The van der Waals surface area contributed by atoms with E-state index in [0.29, 0.717) is 23.7 Å². The van der Waals surface area contributed by atoms with Crippen LogP contribution in [0.25, 0.3) is 0 Å². The molecule has 6 nitrogen and oxygen atoms in total. The van der Waals surface area contributed by atoms with E-state index in [0.717, 1.165) is 11.0 Å². The van der Waals surface area contributed by atoms with Gasteiger partial charge in [-0.3, -0.25) is 4.79 Å². The summed E-state index contributed by atoms with van der Waals surface area (Å²) in [7, 11) is -2.97. The average molecular weight is 418 g/mol. The Morgan fingerprint density at radius 3 is 2.28 bits per heavy atom. The van der Waals surface area contributed by atoms with Crippen LogP contribution >= 0.6 is 0 Å². The van der Waals surface area contributed by atoms with E-state index in [4.69, 9.17) is 9.31 Å². The van der Waals surface area contributed by atoms with Gasteiger partial charge in [-0.1, -0.05) is 6.07 Å². The van der Waals surface area contributed by atoms with Gasteiger partial charge in [0, 0.05) is 34.8 Å². The number of benzene rings is 1. The van der Waals surface area contributed by atoms with E-state index in [9.17, 15) is 9.00 Å². The molecule has 1 saturated carbocycles. The molecule has 1 saturated heterocycles. The van der Waals surface area contributed by atoms with Gasteiger partial charge in [-0.25, -0.2) is 4.21 Å². The Hall–Kier alpha value is -1.38. The first-order chi connectivity index (χ1) is 13.3. The first-order valence-electron chi connectivity index (χ1n) is 10.3. The smallest absolute Gasteiger partial charge is 0.399 e. The van der Waals surface area contributed by atoms with Crippen molar-refractivity contribution in [1.29, 1.82) is 0 Å². The van der Waals surface area contributed by atoms with E-state index in [1.807, 2.05) is 44.7 Å². The van der Waals surface area contributed by atoms with Crippen LogP contribution in [0, 0.1) is 5.92 Å². The maximum Gasteiger partial charge on any atom is 0.494 e. The summed E-state index contributed by atoms with van der Waals surface area (Å²) in [5.74, 6) is 0.570. The number of hydrogen-bond acceptors (Lipinski definition) is 5. The molecule has 1 aromatic carbocycles. The van der Waals surface area contributed by atoms with Crippen molar-refractivity contribution >= 4 is 33.9 Å². The number of carbonyl (C=O) groups excluding carboxylic acids is 1. The van der Waals surface area contributed by atoms with Gasteiger partial charge in [0.2, 0.25) is 0 Å². The molecule has 1 amide bonds. The fourth-order valence-electron chi connectivity index (χ4n) is 4.07. The van der Waals surface area contributed by atoms with Crippen LogP contribution in [0.1, 0.15) is 63.4 Å². The standard InChI is InChI=1S/C21H31BN2O4S/c1-13(14-8-9-14)24-12-15-10-16(22-27-20(2,3)21(4,5)28-22)11-17(18(15)19(24)25)23-29(6,7)26/h10-11,13-14H,8-9,12H2,1-7H3. The van der Waals surface area contributed by atoms with Crippen LogP contribution in [-0.4, -0.2) is 51.9 Å². The molecular weight excluding hydrogens is 387 g/mol. The van der Waals surface area contributed by atoms with Crippen LogP contribution in [0.3, 0.4) is 0 Å². The Morgan fingerprint density at radius 1 is 1.17 bits per heavy atom. The average Bonchev–Trinajstić information content (AvgIpc) is 3.31. The molecule has 3 aliphatic rings. The van der Waals surface area contributed by atoms with Gasteiger partial charge in [0.25, 0.3) is 5.91 Å². The molecule has 0 radical (unpaired) electrons. The molecule has 2 fully saturated rings. The number of fused-ring (bicyclic) bond motifs is 1. The third-order valence-electron chi connectivity index (χ3n) is 6.68. The lowest BCUT2D eigenvalue weighted by Gasteiger charge is -2.32. The van der Waals surface area contributed by atoms with E-state index in [1.54, 1.807) is 12.5 Å². The summed E-state index contributed by atoms with van der Waals surface area (Å²) >= 11 is 0. The monoisotopic (exact) mass is 418 g/mol. The molecule has 0 aromatic heterocycles. The Balaban J connectivity index is 1.78. The lowest BCUT2D eigenvalue weighted by molar-refractivity contribution is 0.00578. The predicted octanol–water partition coefficient (Wildman–Crippen LogP) is 3.10. The van der Waals surface area contributed by atoms with E-state index < -0.39 is 28.0 Å². The fourth-order valence-corrected chi connectivity index (χ4v) is 4.68. The second kappa shape index (κ2) is 6.56. The molecule has 158 valence electrons. The second-order valence-electron chi connectivity index (χ2n) is 9.95. The van der Waals surface area contributed by atoms with Crippen molar-refractivity contribution in [3.05, 3.63) is 23.3 Å². The van der Waals surface area contributed by atoms with Gasteiger partial charge in [0.1, 0.15) is 0 Å². The molecule has 8 heteroatoms. The van der Waals surface area contributed by atoms with Crippen LogP contribution in [0.15, 0.2) is 16.5 Å². The zero-order valence-corrected chi connectivity index (χ0v) is 19.3. The maximum absolute atomic E-state index is 13.2. The highest BCUT2D eigenvalue weighted by molar-refractivity contribution is 7.92. The zero-order chi connectivity index (χ0) is 21.4. The van der Waals surface area contributed by atoms with Gasteiger partial charge in [-0.15, -0.1) is 0 Å². The molecule has 0 spiro atoms. The van der Waals surface area contributed by atoms with Gasteiger partial charge in [-0.2, -0.15) is 4.36 Å². The normalized spacial score (nSPS) is 24.0. The van der Waals surface area contributed by atoms with Gasteiger partial charge >= 0.3 is 7.12 Å². The summed E-state index contributed by atoms with van der Waals surface area (Å²) in [6.07, 6.45) is 5.53. The molecule has 29 heavy (non-hydrogen) atoms. The summed E-state index contributed by atoms with van der Waals surface area (Å²) in [5, 5.41) is 0. The number of hydrogen-bond donors (Lipinski definition) is 0. The van der Waals surface area contributed by atoms with E-state index in [-0.39, 0.29) is 11.9 Å². The highest BCUT2D eigenvalue weighted by Crippen LogP contribution is 2.41. The molecule has 1 aliphatic carbocycles. The highest BCUT2D eigenvalue weighted by Gasteiger charge is 2.52. The molecule has 0 N–H and O–H groups in total. The Morgan fingerprint density at radius 2 is 1.76 bits per heavy atom. The van der Waals surface area contributed by atoms with E-state index in [1.165, 1.54) is 12.8 Å². The topological polar surface area (TPSA) is 68.2 Å². The van der Waals surface area contributed by atoms with Crippen molar-refractivity contribution in [2.45, 2.75) is 71.2 Å². The van der Waals surface area contributed by atoms with Crippen molar-refractivity contribution in [3.63, 3.8) is 0 Å². The maximum atomic E-state index is 13.2. The lowest BCUT2D eigenvalue weighted by atomic mass is 9.77. The molecule has 0 bridgehead atoms. The number of amides is 1. The molecule has 2 aliphatic heterocycles. The Labute approximate surface area is 174 Å². The van der Waals surface area contributed by atoms with Crippen molar-refractivity contribution < 1.29 is 18.3 Å². The number of rotatable bonds is 4. The molecule has 1 atom stereocenters. The Bertz CT molecular complexity index is 969. The van der Waals surface area contributed by atoms with E-state index in [2.05, 4.69) is 11.3 Å². The first-order valence-corrected chi connectivity index (χ1v) is 12.6. The Kier molecular flexibility index (Phi) is 4.72. The molecule has 2 heterocycles. The lowest BCUT2D eigenvalue weighted by Crippen LogP contribution is -2.41. The minimum Gasteiger partial charge on any atom is -0.399 e. The van der Waals surface area contributed by atoms with Gasteiger partial charge < -0.3 is 14.2 Å². The van der Waals surface area contributed by atoms with Crippen LogP contribution in [0.4, 0.5) is 5.69 Å². The number of nitrogens with zero attached hydrogens (tertiary/aromatic N) is 2. The van der Waals surface area contributed by atoms with E-state index >= 15 is 0 Å². The summed E-state index contributed by atoms with van der Waals surface area (Å²) in [4.78, 5) is 15.2. The highest BCUT2D eigenvalue weighted by atomic mass is 32.2. The molecule has 1 unspecified atom stereocenters. The van der Waals surface area contributed by atoms with Crippen molar-refractivity contribution in [3.8, 4) is 0 Å². The van der Waals surface area contributed by atoms with Gasteiger partial charge in [0.15, 0.2) is 0 Å². The zero-order valence-electron chi connectivity index (χ0n) is 18.4. The van der Waals surface area contributed by atoms with Crippen LogP contribution in [0.5, 0.6) is 0 Å². The van der Waals surface area contributed by atoms with Gasteiger partial charge in [-0.05, 0) is 70.5 Å². The summed E-state index contributed by atoms with van der Waals surface area (Å²) in [5.41, 5.74) is 1.88. The van der Waals surface area contributed by atoms with Crippen LogP contribution in [0.2, 0.25) is 0 Å². The largest absolute Gasteiger partial charge is 0.494 e. The van der Waals surface area contributed by atoms with Crippen molar-refractivity contribution in [1.82, 2.24) is 4.90 Å². The van der Waals surface area contributed by atoms with Crippen LogP contribution in [-0.2, 0) is 25.6 Å². The predicted molar refractivity (Wildman–Crippen MR) is 116 cm³/mol. The van der Waals surface area contributed by atoms with Crippen molar-refractivity contribution in [2.75, 3.05) is 12.5 Å². The SMILES string of the molecule is CC(C1CC1)N1Cc2cc(B3OC(C)(C)C(C)(C)O3)cc(N=S(C)(C)=O)c2C1=O. The molecule has 1 aromatic rings. The minimum atomic E-state index is -2.43. The molecular formula is C21H31BN2O4S. The fraction of sp³-hybridized carbons (Fsp3) is 0.667. The molecule has 4 rings (SSSR count). The van der Waals surface area contributed by atoms with Crippen LogP contribution < -0.4 is 5.46 Å². The third-order valence-corrected chi connectivity index (χ3v) is 7.31. The minimum absolute atomic E-state index is 0.0118. The van der Waals surface area contributed by atoms with Gasteiger partial charge in [0.05, 0.1) is 22.5 Å². The van der Waals surface area contributed by atoms with Crippen molar-refractivity contribution in [2.24, 2.45) is 10.3 Å². The third kappa shape index (κ3) is 3.75. The first kappa shape index (κ1) is 20.9. The summed E-state index contributed by atoms with van der Waals surface area (Å²) < 4.78 is 29.3. The summed E-state index contributed by atoms with van der Waals surface area (Å²) in [6, 6.07) is 4.02. The quantitative estimate of drug-likeness (QED) is 0.705. The summed E-state index contributed by atoms with van der Waals surface area (Å²) in [6.45, 7) is 10.7. The second-order valence-corrected chi connectivity index (χ2v) is 12.5.